The number of thiazole rings is 1. The smallest absolute Gasteiger partial charge is 0.270 e. The Morgan fingerprint density at radius 1 is 1.48 bits per heavy atom. The van der Waals surface area contributed by atoms with Crippen molar-refractivity contribution in [3.63, 3.8) is 0 Å². The number of likely N-dealkylation sites (N-methyl/N-ethyl adjacent to an activating group) is 1. The van der Waals surface area contributed by atoms with Crippen LogP contribution in [0.25, 0.3) is 10.6 Å². The summed E-state index contributed by atoms with van der Waals surface area (Å²) in [6.45, 7) is 1.78. The second kappa shape index (κ2) is 7.10. The van der Waals surface area contributed by atoms with E-state index in [1.807, 2.05) is 24.3 Å². The molecular weight excluding hydrogens is 310 g/mol. The molecule has 122 valence electrons. The number of rotatable bonds is 5. The molecule has 2 heterocycles. The minimum atomic E-state index is -0.109. The highest BCUT2D eigenvalue weighted by Crippen LogP contribution is 2.31. The summed E-state index contributed by atoms with van der Waals surface area (Å²) in [5, 5.41) is 5.59. The fourth-order valence-corrected chi connectivity index (χ4v) is 3.69. The summed E-state index contributed by atoms with van der Waals surface area (Å²) < 4.78 is 5.36. The van der Waals surface area contributed by atoms with Crippen molar-refractivity contribution in [2.24, 2.45) is 0 Å². The van der Waals surface area contributed by atoms with Crippen molar-refractivity contribution < 1.29 is 9.53 Å². The number of likely N-dealkylation sites (tertiary alicyclic amines) is 1. The lowest BCUT2D eigenvalue weighted by Gasteiger charge is -2.19. The number of hydrogen-bond acceptors (Lipinski definition) is 5. The molecule has 2 aromatic rings. The normalized spacial score (nSPS) is 18.1. The van der Waals surface area contributed by atoms with Crippen molar-refractivity contribution in [2.75, 3.05) is 27.2 Å². The molecule has 5 nitrogen and oxygen atoms in total. The largest absolute Gasteiger partial charge is 0.496 e. The van der Waals surface area contributed by atoms with Crippen LogP contribution in [0.15, 0.2) is 29.6 Å². The molecule has 0 spiro atoms. The van der Waals surface area contributed by atoms with Crippen LogP contribution in [0.1, 0.15) is 23.3 Å². The molecular formula is C17H21N3O2S. The van der Waals surface area contributed by atoms with Crippen LogP contribution in [0, 0.1) is 0 Å². The zero-order valence-corrected chi connectivity index (χ0v) is 14.2. The zero-order chi connectivity index (χ0) is 16.2. The molecule has 0 unspecified atom stereocenters. The first-order valence-corrected chi connectivity index (χ1v) is 8.64. The van der Waals surface area contributed by atoms with Crippen LogP contribution in [0.4, 0.5) is 0 Å². The Labute approximate surface area is 140 Å². The lowest BCUT2D eigenvalue weighted by molar-refractivity contribution is 0.0939. The average Bonchev–Trinajstić information content (AvgIpc) is 3.22. The Bertz CT molecular complexity index is 686. The number of nitrogens with one attached hydrogen (secondary N) is 1. The molecule has 0 radical (unpaired) electrons. The Balaban J connectivity index is 1.67. The summed E-state index contributed by atoms with van der Waals surface area (Å²) in [6, 6.07) is 8.14. The predicted octanol–water partition coefficient (Wildman–Crippen LogP) is 2.64. The van der Waals surface area contributed by atoms with Gasteiger partial charge in [0.15, 0.2) is 0 Å². The number of ether oxygens (including phenoxy) is 1. The fraction of sp³-hybridized carbons (Fsp3) is 0.412. The summed E-state index contributed by atoms with van der Waals surface area (Å²) >= 11 is 1.46. The molecule has 1 atom stereocenters. The third-order valence-corrected chi connectivity index (χ3v) is 5.12. The van der Waals surface area contributed by atoms with Gasteiger partial charge in [0, 0.05) is 18.0 Å². The first-order chi connectivity index (χ1) is 11.2. The van der Waals surface area contributed by atoms with Crippen molar-refractivity contribution in [2.45, 2.75) is 18.9 Å². The third-order valence-electron chi connectivity index (χ3n) is 4.24. The number of carbonyl (C=O) groups is 1. The number of methoxy groups -OCH3 is 1. The molecule has 0 bridgehead atoms. The van der Waals surface area contributed by atoms with E-state index in [4.69, 9.17) is 4.74 Å². The van der Waals surface area contributed by atoms with Crippen molar-refractivity contribution in [1.29, 1.82) is 0 Å². The molecule has 1 aromatic carbocycles. The van der Waals surface area contributed by atoms with Gasteiger partial charge in [0.1, 0.15) is 16.5 Å². The van der Waals surface area contributed by atoms with Gasteiger partial charge in [-0.15, -0.1) is 11.3 Å². The molecule has 1 N–H and O–H groups in total. The molecule has 1 saturated heterocycles. The van der Waals surface area contributed by atoms with E-state index in [2.05, 4.69) is 22.2 Å². The molecule has 1 amide bonds. The quantitative estimate of drug-likeness (QED) is 0.915. The first kappa shape index (κ1) is 16.0. The number of aromatic nitrogens is 1. The number of para-hydroxylation sites is 1. The lowest BCUT2D eigenvalue weighted by atomic mass is 10.2. The van der Waals surface area contributed by atoms with Gasteiger partial charge in [-0.3, -0.25) is 4.79 Å². The number of benzene rings is 1. The Morgan fingerprint density at radius 3 is 3.04 bits per heavy atom. The van der Waals surface area contributed by atoms with E-state index in [0.717, 1.165) is 29.3 Å². The molecule has 23 heavy (non-hydrogen) atoms. The van der Waals surface area contributed by atoms with E-state index in [1.165, 1.54) is 17.8 Å². The summed E-state index contributed by atoms with van der Waals surface area (Å²) in [4.78, 5) is 19.0. The minimum Gasteiger partial charge on any atom is -0.496 e. The first-order valence-electron chi connectivity index (χ1n) is 7.76. The molecule has 6 heteroatoms. The summed E-state index contributed by atoms with van der Waals surface area (Å²) in [5.74, 6) is 0.657. The highest BCUT2D eigenvalue weighted by atomic mass is 32.1. The number of hydrogen-bond donors (Lipinski definition) is 1. The summed E-state index contributed by atoms with van der Waals surface area (Å²) in [5.41, 5.74) is 1.38. The second-order valence-corrected chi connectivity index (χ2v) is 6.58. The maximum absolute atomic E-state index is 12.3. The van der Waals surface area contributed by atoms with E-state index in [-0.39, 0.29) is 5.91 Å². The molecule has 3 rings (SSSR count). The Hall–Kier alpha value is -1.92. The van der Waals surface area contributed by atoms with Crippen LogP contribution in [0.2, 0.25) is 0 Å². The van der Waals surface area contributed by atoms with Crippen LogP contribution in [-0.4, -0.2) is 49.1 Å². The van der Waals surface area contributed by atoms with Crippen LogP contribution >= 0.6 is 11.3 Å². The van der Waals surface area contributed by atoms with E-state index < -0.39 is 0 Å². The summed E-state index contributed by atoms with van der Waals surface area (Å²) in [7, 11) is 3.74. The minimum absolute atomic E-state index is 0.109. The van der Waals surface area contributed by atoms with Crippen LogP contribution < -0.4 is 10.1 Å². The number of amides is 1. The monoisotopic (exact) mass is 331 g/mol. The van der Waals surface area contributed by atoms with Gasteiger partial charge in [0.25, 0.3) is 5.91 Å². The van der Waals surface area contributed by atoms with E-state index in [1.54, 1.807) is 12.5 Å². The summed E-state index contributed by atoms with van der Waals surface area (Å²) in [6.07, 6.45) is 2.34. The van der Waals surface area contributed by atoms with Gasteiger partial charge in [-0.2, -0.15) is 0 Å². The maximum atomic E-state index is 12.3. The van der Waals surface area contributed by atoms with Crippen LogP contribution in [-0.2, 0) is 0 Å². The van der Waals surface area contributed by atoms with Gasteiger partial charge in [0.2, 0.25) is 0 Å². The van der Waals surface area contributed by atoms with Crippen LogP contribution in [0.5, 0.6) is 5.75 Å². The lowest BCUT2D eigenvalue weighted by Crippen LogP contribution is -2.38. The van der Waals surface area contributed by atoms with E-state index in [9.17, 15) is 4.79 Å². The Morgan fingerprint density at radius 2 is 2.30 bits per heavy atom. The Kier molecular flexibility index (Phi) is 4.93. The highest BCUT2D eigenvalue weighted by molar-refractivity contribution is 7.13. The van der Waals surface area contributed by atoms with Crippen molar-refractivity contribution in [3.05, 3.63) is 35.3 Å². The number of nitrogens with zero attached hydrogens (tertiary/aromatic N) is 2. The molecule has 1 aromatic heterocycles. The van der Waals surface area contributed by atoms with Crippen molar-refractivity contribution in [1.82, 2.24) is 15.2 Å². The third kappa shape index (κ3) is 3.54. The van der Waals surface area contributed by atoms with Gasteiger partial charge in [-0.25, -0.2) is 4.98 Å². The maximum Gasteiger partial charge on any atom is 0.270 e. The number of carbonyl (C=O) groups excluding carboxylic acids is 1. The molecule has 1 aliphatic heterocycles. The van der Waals surface area contributed by atoms with E-state index in [0.29, 0.717) is 18.3 Å². The van der Waals surface area contributed by atoms with Gasteiger partial charge in [-0.05, 0) is 38.6 Å². The predicted molar refractivity (Wildman–Crippen MR) is 92.1 cm³/mol. The van der Waals surface area contributed by atoms with Crippen molar-refractivity contribution in [3.8, 4) is 16.3 Å². The van der Waals surface area contributed by atoms with Gasteiger partial charge in [-0.1, -0.05) is 12.1 Å². The molecule has 0 saturated carbocycles. The van der Waals surface area contributed by atoms with Gasteiger partial charge < -0.3 is 15.0 Å². The van der Waals surface area contributed by atoms with Gasteiger partial charge >= 0.3 is 0 Å². The molecule has 1 fully saturated rings. The highest BCUT2D eigenvalue weighted by Gasteiger charge is 2.22. The van der Waals surface area contributed by atoms with E-state index >= 15 is 0 Å². The molecule has 0 aliphatic carbocycles. The molecule has 1 aliphatic rings. The van der Waals surface area contributed by atoms with Gasteiger partial charge in [0.05, 0.1) is 12.7 Å². The standard InChI is InChI=1S/C17H21N3O2S/c1-20-9-5-6-12(20)10-18-16(21)14-11-23-17(19-14)13-7-3-4-8-15(13)22-2/h3-4,7-8,11-12H,5-6,9-10H2,1-2H3,(H,18,21)/t12-/m1/s1. The SMILES string of the molecule is COc1ccccc1-c1nc(C(=O)NC[C@H]2CCCN2C)cs1. The van der Waals surface area contributed by atoms with Crippen LogP contribution in [0.3, 0.4) is 0 Å². The average molecular weight is 331 g/mol. The van der Waals surface area contributed by atoms with Crippen molar-refractivity contribution >= 4 is 17.2 Å². The topological polar surface area (TPSA) is 54.5 Å². The second-order valence-electron chi connectivity index (χ2n) is 5.72. The zero-order valence-electron chi connectivity index (χ0n) is 13.4. The fourth-order valence-electron chi connectivity index (χ4n) is 2.86.